The van der Waals surface area contributed by atoms with Crippen molar-refractivity contribution in [3.63, 3.8) is 0 Å². The zero-order chi connectivity index (χ0) is 27.3. The molecule has 4 rings (SSSR count). The topological polar surface area (TPSA) is 88.1 Å². The molecule has 0 atom stereocenters. The Bertz CT molecular complexity index is 1160. The number of nitrogens with zero attached hydrogens (tertiary/aromatic N) is 1. The molecule has 2 N–H and O–H groups in total. The molecule has 204 valence electrons. The van der Waals surface area contributed by atoms with Crippen molar-refractivity contribution in [2.45, 2.75) is 76.5 Å². The fourth-order valence-corrected chi connectivity index (χ4v) is 4.95. The van der Waals surface area contributed by atoms with E-state index in [0.717, 1.165) is 49.2 Å². The Morgan fingerprint density at radius 3 is 2.47 bits per heavy atom. The number of alkyl carbamates (subject to hydrolysis) is 1. The van der Waals surface area contributed by atoms with Crippen LogP contribution in [0.5, 0.6) is 5.75 Å². The summed E-state index contributed by atoms with van der Waals surface area (Å²) in [6.07, 6.45) is 3.53. The van der Waals surface area contributed by atoms with E-state index < -0.39 is 17.3 Å². The molecule has 2 aromatic rings. The average molecular weight is 521 g/mol. The van der Waals surface area contributed by atoms with Crippen LogP contribution in [0.15, 0.2) is 55.1 Å². The standard InChI is InChI=1S/C31H40N2O5/c1-22(25-9-6-11-27(19-25)37-21-28(34)31(36)14-7-15-31)33-16-12-24(13-17-33)26-10-5-8-23(18-26)20-32-29(35)38-30(2,3)4/h5-6,8-11,18-19,24,36H,1,7,12-17,20-21H2,2-4H3,(H,32,35). The van der Waals surface area contributed by atoms with Crippen LogP contribution in [-0.2, 0) is 16.1 Å². The third-order valence-corrected chi connectivity index (χ3v) is 7.37. The van der Waals surface area contributed by atoms with Gasteiger partial charge in [0.15, 0.2) is 0 Å². The second-order valence-electron chi connectivity index (χ2n) is 11.4. The van der Waals surface area contributed by atoms with Crippen LogP contribution in [0.4, 0.5) is 4.79 Å². The first-order chi connectivity index (χ1) is 18.0. The number of carbonyl (C=O) groups is 2. The number of hydrogen-bond donors (Lipinski definition) is 2. The molecule has 2 aliphatic rings. The van der Waals surface area contributed by atoms with Crippen LogP contribution in [0.3, 0.4) is 0 Å². The minimum Gasteiger partial charge on any atom is -0.486 e. The van der Waals surface area contributed by atoms with Gasteiger partial charge in [0.2, 0.25) is 5.78 Å². The Hall–Kier alpha value is -3.32. The predicted octanol–water partition coefficient (Wildman–Crippen LogP) is 5.42. The van der Waals surface area contributed by atoms with E-state index >= 15 is 0 Å². The number of likely N-dealkylation sites (tertiary alicyclic amines) is 1. The van der Waals surface area contributed by atoms with E-state index in [-0.39, 0.29) is 12.4 Å². The maximum Gasteiger partial charge on any atom is 0.407 e. The van der Waals surface area contributed by atoms with Crippen molar-refractivity contribution < 1.29 is 24.2 Å². The van der Waals surface area contributed by atoms with Gasteiger partial charge in [-0.05, 0) is 82.1 Å². The van der Waals surface area contributed by atoms with Gasteiger partial charge in [-0.2, -0.15) is 0 Å². The van der Waals surface area contributed by atoms with Crippen molar-refractivity contribution in [1.82, 2.24) is 10.2 Å². The molecule has 0 unspecified atom stereocenters. The van der Waals surface area contributed by atoms with E-state index in [1.54, 1.807) is 0 Å². The summed E-state index contributed by atoms with van der Waals surface area (Å²) >= 11 is 0. The number of nitrogens with one attached hydrogen (secondary N) is 1. The molecule has 2 fully saturated rings. The summed E-state index contributed by atoms with van der Waals surface area (Å²) in [6.45, 7) is 12.0. The monoisotopic (exact) mass is 520 g/mol. The number of piperidine rings is 1. The molecule has 1 amide bonds. The summed E-state index contributed by atoms with van der Waals surface area (Å²) in [6, 6.07) is 16.0. The highest BCUT2D eigenvalue weighted by Crippen LogP contribution is 2.34. The minimum atomic E-state index is -1.19. The Balaban J connectivity index is 1.28. The number of benzene rings is 2. The van der Waals surface area contributed by atoms with Gasteiger partial charge < -0.3 is 24.8 Å². The molecular weight excluding hydrogens is 480 g/mol. The fraction of sp³-hybridized carbons (Fsp3) is 0.484. The van der Waals surface area contributed by atoms with Gasteiger partial charge in [0.05, 0.1) is 0 Å². The Labute approximate surface area is 225 Å². The van der Waals surface area contributed by atoms with Crippen molar-refractivity contribution in [2.24, 2.45) is 0 Å². The van der Waals surface area contributed by atoms with Gasteiger partial charge in [-0.1, -0.05) is 43.0 Å². The maximum absolute atomic E-state index is 12.2. The second-order valence-corrected chi connectivity index (χ2v) is 11.4. The lowest BCUT2D eigenvalue weighted by Gasteiger charge is -2.35. The number of ether oxygens (including phenoxy) is 2. The van der Waals surface area contributed by atoms with Crippen LogP contribution >= 0.6 is 0 Å². The molecule has 1 saturated heterocycles. The third-order valence-electron chi connectivity index (χ3n) is 7.37. The third kappa shape index (κ3) is 7.16. The largest absolute Gasteiger partial charge is 0.486 e. The summed E-state index contributed by atoms with van der Waals surface area (Å²) in [7, 11) is 0. The molecule has 0 radical (unpaired) electrons. The number of carbonyl (C=O) groups excluding carboxylic acids is 2. The molecule has 0 spiro atoms. The lowest BCUT2D eigenvalue weighted by molar-refractivity contribution is -0.148. The summed E-state index contributed by atoms with van der Waals surface area (Å²) < 4.78 is 11.0. The highest BCUT2D eigenvalue weighted by atomic mass is 16.6. The Kier molecular flexibility index (Phi) is 8.46. The molecule has 38 heavy (non-hydrogen) atoms. The van der Waals surface area contributed by atoms with Gasteiger partial charge in [-0.3, -0.25) is 4.79 Å². The normalized spacial score (nSPS) is 17.3. The van der Waals surface area contributed by atoms with E-state index in [4.69, 9.17) is 9.47 Å². The molecule has 0 aromatic heterocycles. The van der Waals surface area contributed by atoms with Crippen LogP contribution in [0.1, 0.15) is 75.5 Å². The first kappa shape index (κ1) is 27.7. The number of hydrogen-bond acceptors (Lipinski definition) is 6. The van der Waals surface area contributed by atoms with E-state index in [2.05, 4.69) is 28.9 Å². The lowest BCUT2D eigenvalue weighted by atomic mass is 9.77. The molecule has 1 heterocycles. The van der Waals surface area contributed by atoms with Gasteiger partial charge in [0.1, 0.15) is 23.6 Å². The van der Waals surface area contributed by atoms with Gasteiger partial charge in [-0.25, -0.2) is 4.79 Å². The van der Waals surface area contributed by atoms with Crippen molar-refractivity contribution in [3.05, 3.63) is 71.8 Å². The molecule has 2 aromatic carbocycles. The summed E-state index contributed by atoms with van der Waals surface area (Å²) in [4.78, 5) is 26.5. The van der Waals surface area contributed by atoms with Crippen molar-refractivity contribution in [3.8, 4) is 5.75 Å². The average Bonchev–Trinajstić information content (AvgIpc) is 2.88. The van der Waals surface area contributed by atoms with E-state index in [0.29, 0.717) is 31.1 Å². The molecule has 1 aliphatic carbocycles. The van der Waals surface area contributed by atoms with Crippen LogP contribution in [0.2, 0.25) is 0 Å². The second kappa shape index (κ2) is 11.6. The number of Topliss-reactive ketones (excluding diaryl/α,β-unsaturated/α-hetero) is 1. The summed E-state index contributed by atoms with van der Waals surface area (Å²) in [5.74, 6) is 0.796. The van der Waals surface area contributed by atoms with Crippen LogP contribution in [0, 0.1) is 0 Å². The number of aliphatic hydroxyl groups is 1. The molecule has 1 saturated carbocycles. The quantitative estimate of drug-likeness (QED) is 0.459. The first-order valence-electron chi connectivity index (χ1n) is 13.5. The minimum absolute atomic E-state index is 0.121. The van der Waals surface area contributed by atoms with Gasteiger partial charge in [0, 0.05) is 30.9 Å². The highest BCUT2D eigenvalue weighted by molar-refractivity contribution is 5.89. The van der Waals surface area contributed by atoms with Crippen molar-refractivity contribution in [1.29, 1.82) is 0 Å². The number of rotatable bonds is 9. The SMILES string of the molecule is C=C(c1cccc(OCC(=O)C2(O)CCC2)c1)N1CCC(c2cccc(CNC(=O)OC(C)(C)C)c2)CC1. The van der Waals surface area contributed by atoms with Crippen LogP contribution < -0.4 is 10.1 Å². The van der Waals surface area contributed by atoms with Gasteiger partial charge in [0.25, 0.3) is 0 Å². The summed E-state index contributed by atoms with van der Waals surface area (Å²) in [5.41, 5.74) is 2.53. The Morgan fingerprint density at radius 2 is 1.82 bits per heavy atom. The zero-order valence-corrected chi connectivity index (χ0v) is 22.8. The van der Waals surface area contributed by atoms with Gasteiger partial charge >= 0.3 is 6.09 Å². The van der Waals surface area contributed by atoms with E-state index in [1.807, 2.05) is 57.2 Å². The van der Waals surface area contributed by atoms with Crippen molar-refractivity contribution in [2.75, 3.05) is 19.7 Å². The van der Waals surface area contributed by atoms with Crippen LogP contribution in [-0.4, -0.2) is 52.8 Å². The molecule has 1 aliphatic heterocycles. The Morgan fingerprint density at radius 1 is 1.11 bits per heavy atom. The van der Waals surface area contributed by atoms with Crippen molar-refractivity contribution >= 4 is 17.6 Å². The van der Waals surface area contributed by atoms with E-state index in [1.165, 1.54) is 5.56 Å². The highest BCUT2D eigenvalue weighted by Gasteiger charge is 2.41. The first-order valence-corrected chi connectivity index (χ1v) is 13.5. The smallest absolute Gasteiger partial charge is 0.407 e. The number of amides is 1. The van der Waals surface area contributed by atoms with Crippen LogP contribution in [0.25, 0.3) is 5.70 Å². The maximum atomic E-state index is 12.2. The van der Waals surface area contributed by atoms with Gasteiger partial charge in [-0.15, -0.1) is 0 Å². The lowest BCUT2D eigenvalue weighted by Crippen LogP contribution is -2.47. The van der Waals surface area contributed by atoms with E-state index in [9.17, 15) is 14.7 Å². The molecule has 0 bridgehead atoms. The fourth-order valence-electron chi connectivity index (χ4n) is 4.95. The molecule has 7 nitrogen and oxygen atoms in total. The molecule has 7 heteroatoms. The summed E-state index contributed by atoms with van der Waals surface area (Å²) in [5, 5.41) is 13.0. The predicted molar refractivity (Wildman–Crippen MR) is 148 cm³/mol. The zero-order valence-electron chi connectivity index (χ0n) is 22.8. The molecular formula is C31H40N2O5. The number of ketones is 1.